The van der Waals surface area contributed by atoms with E-state index in [4.69, 9.17) is 22.7 Å². The molecule has 5 nitrogen and oxygen atoms in total. The van der Waals surface area contributed by atoms with Crippen LogP contribution >= 0.6 is 12.2 Å². The van der Waals surface area contributed by atoms with E-state index < -0.39 is 12.1 Å². The molecule has 0 aromatic heterocycles. The molecule has 0 aliphatic carbocycles. The smallest absolute Gasteiger partial charge is 0.408 e. The summed E-state index contributed by atoms with van der Waals surface area (Å²) in [7, 11) is 0. The number of carbonyl (C=O) groups excluding carboxylic acids is 2. The van der Waals surface area contributed by atoms with Crippen LogP contribution in [0.5, 0.6) is 0 Å². The molecule has 2 aromatic rings. The van der Waals surface area contributed by atoms with Crippen molar-refractivity contribution in [3.8, 4) is 0 Å². The predicted molar refractivity (Wildman–Crippen MR) is 110 cm³/mol. The fourth-order valence-electron chi connectivity index (χ4n) is 2.68. The molecular weight excluding hydrogens is 360 g/mol. The number of hydrogen-bond donors (Lipinski definition) is 2. The Bertz CT molecular complexity index is 765. The monoisotopic (exact) mass is 384 g/mol. The van der Waals surface area contributed by atoms with E-state index in [1.165, 1.54) is 5.37 Å². The summed E-state index contributed by atoms with van der Waals surface area (Å²) in [6.45, 7) is 0.683. The van der Waals surface area contributed by atoms with Crippen molar-refractivity contribution in [1.29, 1.82) is 0 Å². The molecule has 0 bridgehead atoms. The number of hydrogen-bond acceptors (Lipinski definition) is 5. The maximum absolute atomic E-state index is 13.0. The van der Waals surface area contributed by atoms with Crippen LogP contribution < -0.4 is 11.1 Å². The number of thiocarbonyl (C=S) groups is 1. The van der Waals surface area contributed by atoms with Gasteiger partial charge in [-0.05, 0) is 36.9 Å². The third-order valence-electron chi connectivity index (χ3n) is 4.12. The van der Waals surface area contributed by atoms with Crippen LogP contribution in [-0.2, 0) is 11.3 Å². The first-order chi connectivity index (χ1) is 13.2. The van der Waals surface area contributed by atoms with Gasteiger partial charge < -0.3 is 15.8 Å². The zero-order valence-electron chi connectivity index (χ0n) is 15.1. The number of Topliss-reactive ketones (excluding diaryl/α,β-unsaturated/α-hetero) is 1. The molecule has 0 spiro atoms. The van der Waals surface area contributed by atoms with Gasteiger partial charge in [0.2, 0.25) is 0 Å². The minimum Gasteiger partial charge on any atom is -0.445 e. The Labute approximate surface area is 164 Å². The van der Waals surface area contributed by atoms with Gasteiger partial charge in [0.25, 0.3) is 0 Å². The van der Waals surface area contributed by atoms with E-state index in [1.807, 2.05) is 36.4 Å². The lowest BCUT2D eigenvalue weighted by molar-refractivity contribution is 0.0909. The fourth-order valence-corrected chi connectivity index (χ4v) is 2.89. The molecule has 142 valence electrons. The second kappa shape index (κ2) is 11.2. The van der Waals surface area contributed by atoms with E-state index in [9.17, 15) is 9.59 Å². The van der Waals surface area contributed by atoms with Gasteiger partial charge in [-0.25, -0.2) is 4.79 Å². The number of benzene rings is 2. The third-order valence-corrected chi connectivity index (χ3v) is 4.38. The molecule has 3 N–H and O–H groups in total. The average molecular weight is 385 g/mol. The van der Waals surface area contributed by atoms with E-state index >= 15 is 0 Å². The number of ketones is 1. The molecule has 0 aliphatic heterocycles. The molecule has 0 unspecified atom stereocenters. The maximum Gasteiger partial charge on any atom is 0.408 e. The summed E-state index contributed by atoms with van der Waals surface area (Å²) in [5.74, 6) is -0.180. The zero-order valence-corrected chi connectivity index (χ0v) is 15.9. The Morgan fingerprint density at radius 1 is 1.07 bits per heavy atom. The van der Waals surface area contributed by atoms with Crippen LogP contribution in [0.3, 0.4) is 0 Å². The molecule has 1 atom stereocenters. The van der Waals surface area contributed by atoms with Crippen LogP contribution in [0.4, 0.5) is 4.79 Å². The molecule has 27 heavy (non-hydrogen) atoms. The van der Waals surface area contributed by atoms with Crippen molar-refractivity contribution >= 4 is 29.5 Å². The van der Waals surface area contributed by atoms with Crippen molar-refractivity contribution in [1.82, 2.24) is 5.32 Å². The van der Waals surface area contributed by atoms with Crippen LogP contribution in [0.25, 0.3) is 0 Å². The summed E-state index contributed by atoms with van der Waals surface area (Å²) in [5.41, 5.74) is 7.59. The van der Waals surface area contributed by atoms with Crippen LogP contribution in [0.1, 0.15) is 40.7 Å². The zero-order chi connectivity index (χ0) is 19.5. The fraction of sp³-hybridized carbons (Fsp3) is 0.286. The number of unbranched alkanes of at least 4 members (excludes halogenated alkanes) is 1. The number of alkyl carbamates (subject to hydrolysis) is 1. The predicted octanol–water partition coefficient (Wildman–Crippen LogP) is 3.64. The average Bonchev–Trinajstić information content (AvgIpc) is 2.72. The van der Waals surface area contributed by atoms with E-state index in [0.29, 0.717) is 24.1 Å². The summed E-state index contributed by atoms with van der Waals surface area (Å²) in [6.07, 6.45) is 1.37. The van der Waals surface area contributed by atoms with E-state index in [-0.39, 0.29) is 12.4 Å². The topological polar surface area (TPSA) is 81.4 Å². The largest absolute Gasteiger partial charge is 0.445 e. The summed E-state index contributed by atoms with van der Waals surface area (Å²) in [4.78, 5) is 25.2. The van der Waals surface area contributed by atoms with Gasteiger partial charge in [-0.1, -0.05) is 66.8 Å². The van der Waals surface area contributed by atoms with Gasteiger partial charge >= 0.3 is 6.09 Å². The quantitative estimate of drug-likeness (QED) is 0.371. The lowest BCUT2D eigenvalue weighted by atomic mass is 9.96. The molecule has 1 amide bonds. The van der Waals surface area contributed by atoms with Crippen LogP contribution in [0.2, 0.25) is 0 Å². The lowest BCUT2D eigenvalue weighted by Gasteiger charge is -2.18. The van der Waals surface area contributed by atoms with Crippen LogP contribution in [0, 0.1) is 0 Å². The summed E-state index contributed by atoms with van der Waals surface area (Å²) in [5, 5.41) is 4.17. The van der Waals surface area contributed by atoms with Gasteiger partial charge in [0.15, 0.2) is 5.78 Å². The number of nitrogens with one attached hydrogen (secondary N) is 1. The van der Waals surface area contributed by atoms with Crippen molar-refractivity contribution in [2.45, 2.75) is 31.9 Å². The van der Waals surface area contributed by atoms with Gasteiger partial charge in [-0.2, -0.15) is 0 Å². The molecule has 0 saturated heterocycles. The van der Waals surface area contributed by atoms with Gasteiger partial charge in [0, 0.05) is 10.9 Å². The number of nitrogens with two attached hydrogens (primary N) is 1. The van der Waals surface area contributed by atoms with E-state index in [1.54, 1.807) is 18.2 Å². The minimum absolute atomic E-state index is 0.146. The van der Waals surface area contributed by atoms with Crippen molar-refractivity contribution in [2.24, 2.45) is 5.73 Å². The first-order valence-electron chi connectivity index (χ1n) is 8.91. The van der Waals surface area contributed by atoms with Crippen LogP contribution in [0.15, 0.2) is 54.6 Å². The van der Waals surface area contributed by atoms with Gasteiger partial charge in [0.1, 0.15) is 6.61 Å². The highest BCUT2D eigenvalue weighted by atomic mass is 32.1. The second-order valence-electron chi connectivity index (χ2n) is 6.11. The second-order valence-corrected chi connectivity index (χ2v) is 6.35. The van der Waals surface area contributed by atoms with Gasteiger partial charge in [-0.3, -0.25) is 4.79 Å². The highest BCUT2D eigenvalue weighted by Gasteiger charge is 2.24. The van der Waals surface area contributed by atoms with Crippen LogP contribution in [-0.4, -0.2) is 29.8 Å². The first-order valence-corrected chi connectivity index (χ1v) is 9.38. The standard InChI is InChI=1S/C21H24N2O3S/c22-13-7-6-12-19(20(24)18-11-5-4-10-17(18)15-27)23-21(25)26-14-16-8-2-1-3-9-16/h1-5,8-11,15,19H,6-7,12-14,22H2,(H,23,25)/t19-/m0/s1. The normalized spacial score (nSPS) is 11.4. The number of ether oxygens (including phenoxy) is 1. The number of amides is 1. The maximum atomic E-state index is 13.0. The highest BCUT2D eigenvalue weighted by Crippen LogP contribution is 2.14. The first kappa shape index (κ1) is 20.7. The molecule has 0 saturated carbocycles. The SMILES string of the molecule is NCCCC[C@H](NC(=O)OCc1ccccc1)C(=O)c1ccccc1C=S. The van der Waals surface area contributed by atoms with Crippen molar-refractivity contribution < 1.29 is 14.3 Å². The molecule has 2 aromatic carbocycles. The van der Waals surface area contributed by atoms with Crippen molar-refractivity contribution in [3.63, 3.8) is 0 Å². The van der Waals surface area contributed by atoms with Crippen molar-refractivity contribution in [3.05, 3.63) is 71.3 Å². The Kier molecular flexibility index (Phi) is 8.61. The summed E-state index contributed by atoms with van der Waals surface area (Å²) < 4.78 is 5.25. The summed E-state index contributed by atoms with van der Waals surface area (Å²) in [6, 6.07) is 15.8. The van der Waals surface area contributed by atoms with Crippen molar-refractivity contribution in [2.75, 3.05) is 6.54 Å². The molecule has 0 fully saturated rings. The molecule has 0 heterocycles. The Morgan fingerprint density at radius 3 is 2.48 bits per heavy atom. The molecule has 6 heteroatoms. The number of rotatable bonds is 10. The van der Waals surface area contributed by atoms with E-state index in [0.717, 1.165) is 18.4 Å². The Morgan fingerprint density at radius 2 is 1.78 bits per heavy atom. The molecule has 0 aliphatic rings. The summed E-state index contributed by atoms with van der Waals surface area (Å²) >= 11 is 5.00. The van der Waals surface area contributed by atoms with Gasteiger partial charge in [0.05, 0.1) is 6.04 Å². The minimum atomic E-state index is -0.684. The molecular formula is C21H24N2O3S. The lowest BCUT2D eigenvalue weighted by Crippen LogP contribution is -2.41. The molecule has 0 radical (unpaired) electrons. The Hall–Kier alpha value is -2.57. The Balaban J connectivity index is 2.05. The molecule has 2 rings (SSSR count). The highest BCUT2D eigenvalue weighted by molar-refractivity contribution is 7.79. The van der Waals surface area contributed by atoms with Gasteiger partial charge in [-0.15, -0.1) is 0 Å². The van der Waals surface area contributed by atoms with E-state index in [2.05, 4.69) is 5.32 Å². The number of carbonyl (C=O) groups is 2. The third kappa shape index (κ3) is 6.58.